The molecule has 3 N–H and O–H groups in total. The number of amides is 1. The van der Waals surface area contributed by atoms with E-state index in [4.69, 9.17) is 5.73 Å². The standard InChI is InChI=1S/C14H18N4OS/c1-20-9-6-11(15)14(19)17-12-4-2-3-5-13(12)18-8-7-16-10-18/h2-5,7-8,10-11H,6,9,15H2,1H3,(H,17,19)/t11-/m1/s1. The first-order chi connectivity index (χ1) is 9.72. The summed E-state index contributed by atoms with van der Waals surface area (Å²) in [6, 6.07) is 7.08. The molecular weight excluding hydrogens is 272 g/mol. The summed E-state index contributed by atoms with van der Waals surface area (Å²) >= 11 is 1.68. The van der Waals surface area contributed by atoms with Gasteiger partial charge in [0.25, 0.3) is 0 Å². The average Bonchev–Trinajstić information content (AvgIpc) is 2.99. The molecule has 1 heterocycles. The summed E-state index contributed by atoms with van der Waals surface area (Å²) < 4.78 is 1.85. The minimum atomic E-state index is -0.488. The fraction of sp³-hybridized carbons (Fsp3) is 0.286. The zero-order valence-electron chi connectivity index (χ0n) is 11.3. The second-order valence-electron chi connectivity index (χ2n) is 4.36. The van der Waals surface area contributed by atoms with Gasteiger partial charge in [-0.15, -0.1) is 0 Å². The van der Waals surface area contributed by atoms with Crippen molar-refractivity contribution in [1.82, 2.24) is 9.55 Å². The average molecular weight is 290 g/mol. The predicted molar refractivity (Wildman–Crippen MR) is 83.2 cm³/mol. The SMILES string of the molecule is CSCC[C@@H](N)C(=O)Nc1ccccc1-n1ccnc1. The Balaban J connectivity index is 2.12. The van der Waals surface area contributed by atoms with Crippen LogP contribution in [0.1, 0.15) is 6.42 Å². The Hall–Kier alpha value is -1.79. The Labute approximate surface area is 122 Å². The molecule has 5 nitrogen and oxygen atoms in total. The Morgan fingerprint density at radius 2 is 2.30 bits per heavy atom. The highest BCUT2D eigenvalue weighted by atomic mass is 32.2. The lowest BCUT2D eigenvalue weighted by atomic mass is 10.2. The zero-order chi connectivity index (χ0) is 14.4. The number of rotatable bonds is 6. The van der Waals surface area contributed by atoms with Crippen molar-refractivity contribution in [1.29, 1.82) is 0 Å². The second-order valence-corrected chi connectivity index (χ2v) is 5.35. The van der Waals surface area contributed by atoms with Crippen LogP contribution in [-0.4, -0.2) is 33.5 Å². The highest BCUT2D eigenvalue weighted by Gasteiger charge is 2.14. The monoisotopic (exact) mass is 290 g/mol. The summed E-state index contributed by atoms with van der Waals surface area (Å²) in [5, 5.41) is 2.89. The number of aromatic nitrogens is 2. The van der Waals surface area contributed by atoms with Gasteiger partial charge in [0.2, 0.25) is 5.91 Å². The first-order valence-corrected chi connectivity index (χ1v) is 7.74. The van der Waals surface area contributed by atoms with Gasteiger partial charge in [-0.25, -0.2) is 4.98 Å². The summed E-state index contributed by atoms with van der Waals surface area (Å²) in [5.41, 5.74) is 7.48. The molecule has 0 aliphatic heterocycles. The van der Waals surface area contributed by atoms with Gasteiger partial charge in [-0.1, -0.05) is 12.1 Å². The quantitative estimate of drug-likeness (QED) is 0.852. The molecule has 1 atom stereocenters. The van der Waals surface area contributed by atoms with E-state index in [0.717, 1.165) is 17.1 Å². The van der Waals surface area contributed by atoms with Crippen LogP contribution in [0.15, 0.2) is 43.0 Å². The molecule has 6 heteroatoms. The van der Waals surface area contributed by atoms with E-state index in [1.165, 1.54) is 0 Å². The first-order valence-electron chi connectivity index (χ1n) is 6.35. The first kappa shape index (κ1) is 14.6. The molecule has 0 fully saturated rings. The van der Waals surface area contributed by atoms with Crippen molar-refractivity contribution >= 4 is 23.4 Å². The molecule has 0 aliphatic carbocycles. The van der Waals surface area contributed by atoms with Gasteiger partial charge in [-0.3, -0.25) is 4.79 Å². The molecule has 1 aromatic heterocycles. The lowest BCUT2D eigenvalue weighted by molar-refractivity contribution is -0.117. The van der Waals surface area contributed by atoms with Gasteiger partial charge in [0.1, 0.15) is 0 Å². The number of benzene rings is 1. The van der Waals surface area contributed by atoms with Gasteiger partial charge in [0, 0.05) is 12.4 Å². The third-order valence-electron chi connectivity index (χ3n) is 2.91. The number of thioether (sulfide) groups is 1. The fourth-order valence-corrected chi connectivity index (χ4v) is 2.30. The van der Waals surface area contributed by atoms with Crippen LogP contribution in [0.2, 0.25) is 0 Å². The normalized spacial score (nSPS) is 12.1. The highest BCUT2D eigenvalue weighted by molar-refractivity contribution is 7.98. The molecule has 106 valence electrons. The van der Waals surface area contributed by atoms with Crippen LogP contribution in [0.5, 0.6) is 0 Å². The summed E-state index contributed by atoms with van der Waals surface area (Å²) in [5.74, 6) is 0.712. The maximum atomic E-state index is 12.1. The Bertz CT molecular complexity index is 556. The Morgan fingerprint density at radius 3 is 3.00 bits per heavy atom. The number of para-hydroxylation sites is 2. The zero-order valence-corrected chi connectivity index (χ0v) is 12.1. The van der Waals surface area contributed by atoms with Crippen molar-refractivity contribution in [2.75, 3.05) is 17.3 Å². The maximum absolute atomic E-state index is 12.1. The molecule has 0 aliphatic rings. The van der Waals surface area contributed by atoms with Crippen LogP contribution in [0.4, 0.5) is 5.69 Å². The van der Waals surface area contributed by atoms with Crippen LogP contribution >= 0.6 is 11.8 Å². The molecule has 1 aromatic carbocycles. The largest absolute Gasteiger partial charge is 0.323 e. The number of anilines is 1. The summed E-state index contributed by atoms with van der Waals surface area (Å²) in [6.45, 7) is 0. The molecular formula is C14H18N4OS. The number of carbonyl (C=O) groups is 1. The van der Waals surface area contributed by atoms with Gasteiger partial charge in [0.05, 0.1) is 23.7 Å². The molecule has 2 aromatic rings. The molecule has 1 amide bonds. The van der Waals surface area contributed by atoms with Crippen LogP contribution in [0.3, 0.4) is 0 Å². The maximum Gasteiger partial charge on any atom is 0.241 e. The minimum absolute atomic E-state index is 0.161. The minimum Gasteiger partial charge on any atom is -0.323 e. The van der Waals surface area contributed by atoms with E-state index in [1.54, 1.807) is 24.3 Å². The van der Waals surface area contributed by atoms with E-state index in [1.807, 2.05) is 41.3 Å². The Kier molecular flexibility index (Phi) is 5.20. The lowest BCUT2D eigenvalue weighted by Gasteiger charge is -2.14. The van der Waals surface area contributed by atoms with Crippen molar-refractivity contribution < 1.29 is 4.79 Å². The molecule has 20 heavy (non-hydrogen) atoms. The summed E-state index contributed by atoms with van der Waals surface area (Å²) in [7, 11) is 0. The summed E-state index contributed by atoms with van der Waals surface area (Å²) in [4.78, 5) is 16.1. The van der Waals surface area contributed by atoms with E-state index < -0.39 is 6.04 Å². The van der Waals surface area contributed by atoms with Crippen molar-refractivity contribution in [2.45, 2.75) is 12.5 Å². The van der Waals surface area contributed by atoms with E-state index >= 15 is 0 Å². The van der Waals surface area contributed by atoms with Crippen LogP contribution in [0, 0.1) is 0 Å². The van der Waals surface area contributed by atoms with E-state index in [-0.39, 0.29) is 5.91 Å². The number of carbonyl (C=O) groups excluding carboxylic acids is 1. The van der Waals surface area contributed by atoms with Gasteiger partial charge < -0.3 is 15.6 Å². The highest BCUT2D eigenvalue weighted by Crippen LogP contribution is 2.19. The third-order valence-corrected chi connectivity index (χ3v) is 3.56. The number of imidazole rings is 1. The molecule has 0 saturated carbocycles. The number of nitrogens with two attached hydrogens (primary N) is 1. The molecule has 0 radical (unpaired) electrons. The number of nitrogens with one attached hydrogen (secondary N) is 1. The van der Waals surface area contributed by atoms with Crippen molar-refractivity contribution in [3.63, 3.8) is 0 Å². The number of hydrogen-bond acceptors (Lipinski definition) is 4. The topological polar surface area (TPSA) is 72.9 Å². The van der Waals surface area contributed by atoms with Crippen molar-refractivity contribution in [3.05, 3.63) is 43.0 Å². The van der Waals surface area contributed by atoms with Crippen LogP contribution < -0.4 is 11.1 Å². The molecule has 2 rings (SSSR count). The van der Waals surface area contributed by atoms with E-state index in [2.05, 4.69) is 10.3 Å². The molecule has 0 unspecified atom stereocenters. The van der Waals surface area contributed by atoms with Crippen molar-refractivity contribution in [3.8, 4) is 5.69 Å². The van der Waals surface area contributed by atoms with Crippen LogP contribution in [0.25, 0.3) is 5.69 Å². The fourth-order valence-electron chi connectivity index (χ4n) is 1.81. The molecule has 0 spiro atoms. The lowest BCUT2D eigenvalue weighted by Crippen LogP contribution is -2.36. The van der Waals surface area contributed by atoms with Gasteiger partial charge >= 0.3 is 0 Å². The molecule has 0 saturated heterocycles. The van der Waals surface area contributed by atoms with Gasteiger partial charge in [-0.05, 0) is 30.6 Å². The van der Waals surface area contributed by atoms with Gasteiger partial charge in [-0.2, -0.15) is 11.8 Å². The predicted octanol–water partition coefficient (Wildman–Crippen LogP) is 1.89. The Morgan fingerprint density at radius 1 is 1.50 bits per heavy atom. The second kappa shape index (κ2) is 7.12. The third kappa shape index (κ3) is 3.61. The number of hydrogen-bond donors (Lipinski definition) is 2. The van der Waals surface area contributed by atoms with E-state index in [9.17, 15) is 4.79 Å². The van der Waals surface area contributed by atoms with Crippen molar-refractivity contribution in [2.24, 2.45) is 5.73 Å². The smallest absolute Gasteiger partial charge is 0.241 e. The van der Waals surface area contributed by atoms with E-state index in [0.29, 0.717) is 6.42 Å². The number of nitrogens with zero attached hydrogens (tertiary/aromatic N) is 2. The van der Waals surface area contributed by atoms with Crippen LogP contribution in [-0.2, 0) is 4.79 Å². The van der Waals surface area contributed by atoms with Gasteiger partial charge in [0.15, 0.2) is 0 Å². The summed E-state index contributed by atoms with van der Waals surface area (Å²) in [6.07, 6.45) is 7.89. The molecule has 0 bridgehead atoms.